The summed E-state index contributed by atoms with van der Waals surface area (Å²) in [6.07, 6.45) is 1.29. The zero-order chi connectivity index (χ0) is 29.3. The Kier molecular flexibility index (Phi) is 8.67. The number of aryl methyl sites for hydroxylation is 1. The van der Waals surface area contributed by atoms with Gasteiger partial charge < -0.3 is 14.2 Å². The fourth-order valence-electron chi connectivity index (χ4n) is 5.45. The molecule has 9 nitrogen and oxygen atoms in total. The second-order valence-corrected chi connectivity index (χ2v) is 11.1. The summed E-state index contributed by atoms with van der Waals surface area (Å²) in [5.41, 5.74) is 1.96. The van der Waals surface area contributed by atoms with Gasteiger partial charge in [0.2, 0.25) is 0 Å². The van der Waals surface area contributed by atoms with Crippen molar-refractivity contribution in [3.05, 3.63) is 47.3 Å². The van der Waals surface area contributed by atoms with Crippen LogP contribution in [-0.4, -0.2) is 79.1 Å². The average Bonchev–Trinajstić information content (AvgIpc) is 3.71. The van der Waals surface area contributed by atoms with Crippen LogP contribution in [0.5, 0.6) is 0 Å². The first-order valence-corrected chi connectivity index (χ1v) is 14.0. The molecular formula is C27H33ClF4N8O. The first kappa shape index (κ1) is 29.5. The molecule has 3 atom stereocenters. The highest BCUT2D eigenvalue weighted by Crippen LogP contribution is 2.38. The molecule has 6 rings (SSSR count). The predicted octanol–water partition coefficient (Wildman–Crippen LogP) is 5.44. The molecule has 14 heteroatoms. The first-order chi connectivity index (χ1) is 19.5. The maximum absolute atomic E-state index is 14.3. The number of fused-ring (bicyclic) bond motifs is 3. The molecule has 0 N–H and O–H groups in total. The van der Waals surface area contributed by atoms with E-state index in [9.17, 15) is 17.6 Å². The maximum atomic E-state index is 14.3. The number of aromatic nitrogens is 6. The maximum Gasteiger partial charge on any atom is 0.391 e. The van der Waals surface area contributed by atoms with Gasteiger partial charge in [-0.2, -0.15) is 18.2 Å². The Hall–Kier alpha value is -3.03. The summed E-state index contributed by atoms with van der Waals surface area (Å²) in [5, 5.41) is 7.99. The van der Waals surface area contributed by atoms with Gasteiger partial charge >= 0.3 is 6.18 Å². The molecule has 3 unspecified atom stereocenters. The van der Waals surface area contributed by atoms with Gasteiger partial charge in [-0.3, -0.25) is 4.90 Å². The monoisotopic (exact) mass is 596 g/mol. The number of anilines is 1. The molecule has 0 saturated carbocycles. The van der Waals surface area contributed by atoms with Gasteiger partial charge in [0.05, 0.1) is 17.3 Å². The molecule has 2 aliphatic rings. The van der Waals surface area contributed by atoms with Crippen molar-refractivity contribution >= 4 is 34.4 Å². The van der Waals surface area contributed by atoms with Gasteiger partial charge in [0.1, 0.15) is 17.7 Å². The number of ether oxygens (including phenoxy) is 1. The van der Waals surface area contributed by atoms with Crippen molar-refractivity contribution in [2.45, 2.75) is 51.4 Å². The van der Waals surface area contributed by atoms with E-state index in [1.165, 1.54) is 25.0 Å². The van der Waals surface area contributed by atoms with Crippen molar-refractivity contribution in [3.63, 3.8) is 0 Å². The van der Waals surface area contributed by atoms with E-state index >= 15 is 0 Å². The van der Waals surface area contributed by atoms with E-state index in [0.29, 0.717) is 42.3 Å². The fourth-order valence-corrected chi connectivity index (χ4v) is 5.56. The predicted molar refractivity (Wildman–Crippen MR) is 147 cm³/mol. The third-order valence-electron chi connectivity index (χ3n) is 7.74. The Bertz CT molecular complexity index is 1480. The summed E-state index contributed by atoms with van der Waals surface area (Å²) in [6, 6.07) is 3.51. The van der Waals surface area contributed by atoms with E-state index in [0.717, 1.165) is 25.8 Å². The van der Waals surface area contributed by atoms with Gasteiger partial charge in [0, 0.05) is 52.0 Å². The molecule has 0 bridgehead atoms. The Morgan fingerprint density at radius 2 is 1.90 bits per heavy atom. The number of rotatable bonds is 5. The Balaban J connectivity index is 0.000000610. The van der Waals surface area contributed by atoms with Gasteiger partial charge in [-0.1, -0.05) is 24.6 Å². The number of alkyl halides is 3. The number of halogens is 5. The highest BCUT2D eigenvalue weighted by atomic mass is 35.5. The van der Waals surface area contributed by atoms with Gasteiger partial charge in [-0.05, 0) is 43.9 Å². The third-order valence-corrected chi connectivity index (χ3v) is 8.05. The molecule has 41 heavy (non-hydrogen) atoms. The molecule has 4 aromatic rings. The van der Waals surface area contributed by atoms with Crippen molar-refractivity contribution in [1.82, 2.24) is 34.0 Å². The van der Waals surface area contributed by atoms with Crippen molar-refractivity contribution in [2.24, 2.45) is 13.0 Å². The van der Waals surface area contributed by atoms with E-state index in [1.807, 2.05) is 23.4 Å². The average molecular weight is 597 g/mol. The van der Waals surface area contributed by atoms with E-state index in [-0.39, 0.29) is 17.5 Å². The van der Waals surface area contributed by atoms with E-state index in [2.05, 4.69) is 25.1 Å². The molecule has 0 radical (unpaired) electrons. The summed E-state index contributed by atoms with van der Waals surface area (Å²) >= 11 is 5.84. The highest BCUT2D eigenvalue weighted by Gasteiger charge is 2.40. The molecule has 2 saturated heterocycles. The lowest BCUT2D eigenvalue weighted by Crippen LogP contribution is -2.53. The lowest BCUT2D eigenvalue weighted by Gasteiger charge is -2.44. The molecule has 5 heterocycles. The number of benzene rings is 1. The molecule has 0 spiro atoms. The molecule has 0 amide bonds. The molecule has 2 fully saturated rings. The lowest BCUT2D eigenvalue weighted by molar-refractivity contribution is -0.175. The number of nitrogens with zero attached hydrogens (tertiary/aromatic N) is 8. The standard InChI is InChI=1S/C23H25ClF4N8.C4H8O/c1-13(23(26,27)28)8-18(15-4-5-16(24)17(25)9-15)34-6-7-35(14(2)10-34)20-19-21(33(3)11-29-19)36-12-30-32-22(36)31-20;1-2-4-5-3-1/h4-5,9,11-14,18H,6-8,10H2,1-3H3;1-4H2. The zero-order valence-electron chi connectivity index (χ0n) is 23.2. The summed E-state index contributed by atoms with van der Waals surface area (Å²) in [4.78, 5) is 13.3. The largest absolute Gasteiger partial charge is 0.391 e. The SMILES string of the molecule is C1CCOC1.CC1CN(C(CC(C)C(F)(F)F)c2ccc(Cl)c(F)c2)CCN1c1nc2nncn2c2c1ncn2C. The van der Waals surface area contributed by atoms with Crippen LogP contribution in [0.2, 0.25) is 5.02 Å². The number of piperazine rings is 1. The van der Waals surface area contributed by atoms with Crippen LogP contribution in [0.25, 0.3) is 16.9 Å². The van der Waals surface area contributed by atoms with E-state index in [1.54, 1.807) is 23.1 Å². The molecule has 1 aromatic carbocycles. The summed E-state index contributed by atoms with van der Waals surface area (Å²) < 4.78 is 63.3. The van der Waals surface area contributed by atoms with E-state index < -0.39 is 24.0 Å². The zero-order valence-corrected chi connectivity index (χ0v) is 23.9. The van der Waals surface area contributed by atoms with Crippen LogP contribution in [0.4, 0.5) is 23.4 Å². The van der Waals surface area contributed by atoms with Crippen LogP contribution in [-0.2, 0) is 11.8 Å². The second-order valence-electron chi connectivity index (χ2n) is 10.7. The normalized spacial score (nSPS) is 19.9. The van der Waals surface area contributed by atoms with Crippen molar-refractivity contribution in [2.75, 3.05) is 37.7 Å². The summed E-state index contributed by atoms with van der Waals surface area (Å²) in [7, 11) is 1.87. The molecule has 222 valence electrons. The van der Waals surface area contributed by atoms with Crippen LogP contribution < -0.4 is 4.90 Å². The van der Waals surface area contributed by atoms with Crippen molar-refractivity contribution in [1.29, 1.82) is 0 Å². The second kappa shape index (κ2) is 12.1. The van der Waals surface area contributed by atoms with Crippen LogP contribution in [0, 0.1) is 11.7 Å². The topological polar surface area (TPSA) is 76.6 Å². The van der Waals surface area contributed by atoms with Crippen molar-refractivity contribution < 1.29 is 22.3 Å². The molecular weight excluding hydrogens is 564 g/mol. The van der Waals surface area contributed by atoms with Gasteiger partial charge in [-0.15, -0.1) is 10.2 Å². The lowest BCUT2D eigenvalue weighted by atomic mass is 9.93. The summed E-state index contributed by atoms with van der Waals surface area (Å²) in [6.45, 7) is 6.56. The van der Waals surface area contributed by atoms with Crippen LogP contribution in [0.3, 0.4) is 0 Å². The smallest absolute Gasteiger partial charge is 0.381 e. The van der Waals surface area contributed by atoms with Crippen LogP contribution >= 0.6 is 11.6 Å². The third kappa shape index (κ3) is 6.26. The highest BCUT2D eigenvalue weighted by molar-refractivity contribution is 6.30. The van der Waals surface area contributed by atoms with Gasteiger partial charge in [0.15, 0.2) is 11.5 Å². The molecule has 0 aliphatic carbocycles. The van der Waals surface area contributed by atoms with Crippen molar-refractivity contribution in [3.8, 4) is 0 Å². The molecule has 2 aliphatic heterocycles. The minimum Gasteiger partial charge on any atom is -0.381 e. The van der Waals surface area contributed by atoms with E-state index in [4.69, 9.17) is 16.3 Å². The van der Waals surface area contributed by atoms with Gasteiger partial charge in [0.25, 0.3) is 5.78 Å². The molecule has 3 aromatic heterocycles. The Labute approximate surface area is 240 Å². The van der Waals surface area contributed by atoms with Gasteiger partial charge in [-0.25, -0.2) is 13.8 Å². The fraction of sp³-hybridized carbons (Fsp3) is 0.556. The number of imidazole rings is 1. The Morgan fingerprint density at radius 1 is 1.15 bits per heavy atom. The first-order valence-electron chi connectivity index (χ1n) is 13.7. The quantitative estimate of drug-likeness (QED) is 0.284. The number of hydrogen-bond donors (Lipinski definition) is 0. The number of hydrogen-bond acceptors (Lipinski definition) is 7. The minimum atomic E-state index is -4.35. The minimum absolute atomic E-state index is 0.0612. The van der Waals surface area contributed by atoms with Crippen LogP contribution in [0.15, 0.2) is 30.9 Å². The summed E-state index contributed by atoms with van der Waals surface area (Å²) in [5.74, 6) is -1.12. The Morgan fingerprint density at radius 3 is 2.54 bits per heavy atom. The van der Waals surface area contributed by atoms with Crippen LogP contribution in [0.1, 0.15) is 44.7 Å².